The molecule has 2 aromatic carbocycles. The number of rotatable bonds is 4. The standard InChI is InChI=1S/C16H15NO3S/c1-17(13-7-3-12(4-8-13)16(19)20)15(18)11-5-9-14(21-2)10-6-11/h3-10H,1-2H3,(H,19,20). The van der Waals surface area contributed by atoms with Gasteiger partial charge in [-0.2, -0.15) is 0 Å². The molecule has 0 unspecified atom stereocenters. The summed E-state index contributed by atoms with van der Waals surface area (Å²) in [6, 6.07) is 13.6. The summed E-state index contributed by atoms with van der Waals surface area (Å²) < 4.78 is 0. The first-order chi connectivity index (χ1) is 10.0. The molecule has 0 saturated heterocycles. The van der Waals surface area contributed by atoms with Crippen molar-refractivity contribution < 1.29 is 14.7 Å². The molecule has 1 amide bonds. The maximum absolute atomic E-state index is 12.4. The summed E-state index contributed by atoms with van der Waals surface area (Å²) in [5.74, 6) is -1.12. The van der Waals surface area contributed by atoms with Crippen molar-refractivity contribution in [1.82, 2.24) is 0 Å². The van der Waals surface area contributed by atoms with Gasteiger partial charge < -0.3 is 10.0 Å². The van der Waals surface area contributed by atoms with Crippen molar-refractivity contribution >= 4 is 29.3 Å². The summed E-state index contributed by atoms with van der Waals surface area (Å²) >= 11 is 1.62. The van der Waals surface area contributed by atoms with Gasteiger partial charge in [0.25, 0.3) is 5.91 Å². The first-order valence-electron chi connectivity index (χ1n) is 6.28. The second kappa shape index (κ2) is 6.45. The van der Waals surface area contributed by atoms with E-state index < -0.39 is 5.97 Å². The van der Waals surface area contributed by atoms with Gasteiger partial charge in [-0.3, -0.25) is 4.79 Å². The fourth-order valence-electron chi connectivity index (χ4n) is 1.87. The summed E-state index contributed by atoms with van der Waals surface area (Å²) in [4.78, 5) is 25.8. The topological polar surface area (TPSA) is 57.6 Å². The molecule has 21 heavy (non-hydrogen) atoms. The third-order valence-corrected chi connectivity index (χ3v) is 3.89. The number of anilines is 1. The number of benzene rings is 2. The highest BCUT2D eigenvalue weighted by atomic mass is 32.2. The molecule has 0 saturated carbocycles. The highest BCUT2D eigenvalue weighted by Crippen LogP contribution is 2.19. The molecule has 2 aromatic rings. The molecule has 0 radical (unpaired) electrons. The number of aromatic carboxylic acids is 1. The number of thioether (sulfide) groups is 1. The second-order valence-corrected chi connectivity index (χ2v) is 5.32. The van der Waals surface area contributed by atoms with Crippen LogP contribution in [0.2, 0.25) is 0 Å². The van der Waals surface area contributed by atoms with Crippen LogP contribution in [0.1, 0.15) is 20.7 Å². The van der Waals surface area contributed by atoms with Crippen LogP contribution >= 0.6 is 11.8 Å². The summed E-state index contributed by atoms with van der Waals surface area (Å²) in [7, 11) is 1.67. The number of carbonyl (C=O) groups excluding carboxylic acids is 1. The molecule has 0 spiro atoms. The molecule has 2 rings (SSSR count). The van der Waals surface area contributed by atoms with Gasteiger partial charge in [-0.15, -0.1) is 11.8 Å². The molecular weight excluding hydrogens is 286 g/mol. The van der Waals surface area contributed by atoms with Crippen LogP contribution < -0.4 is 4.90 Å². The smallest absolute Gasteiger partial charge is 0.335 e. The van der Waals surface area contributed by atoms with E-state index in [0.717, 1.165) is 4.90 Å². The zero-order chi connectivity index (χ0) is 15.4. The SMILES string of the molecule is CSc1ccc(C(=O)N(C)c2ccc(C(=O)O)cc2)cc1. The van der Waals surface area contributed by atoms with Crippen LogP contribution in [0.15, 0.2) is 53.4 Å². The van der Waals surface area contributed by atoms with E-state index in [0.29, 0.717) is 11.3 Å². The van der Waals surface area contributed by atoms with Crippen molar-refractivity contribution in [2.75, 3.05) is 18.2 Å². The summed E-state index contributed by atoms with van der Waals surface area (Å²) in [6.45, 7) is 0. The summed E-state index contributed by atoms with van der Waals surface area (Å²) in [6.07, 6.45) is 1.98. The van der Waals surface area contributed by atoms with Crippen LogP contribution in [0.5, 0.6) is 0 Å². The van der Waals surface area contributed by atoms with Crippen LogP contribution in [-0.2, 0) is 0 Å². The fraction of sp³-hybridized carbons (Fsp3) is 0.125. The molecule has 0 aliphatic heterocycles. The minimum Gasteiger partial charge on any atom is -0.478 e. The number of carboxylic acids is 1. The predicted octanol–water partition coefficient (Wildman–Crippen LogP) is 3.38. The minimum absolute atomic E-state index is 0.134. The van der Waals surface area contributed by atoms with Crippen LogP contribution in [0.25, 0.3) is 0 Å². The first-order valence-corrected chi connectivity index (χ1v) is 7.51. The lowest BCUT2D eigenvalue weighted by Gasteiger charge is -2.17. The lowest BCUT2D eigenvalue weighted by molar-refractivity contribution is 0.0696. The number of hydrogen-bond acceptors (Lipinski definition) is 3. The van der Waals surface area contributed by atoms with Gasteiger partial charge in [0, 0.05) is 23.2 Å². The molecule has 0 aliphatic carbocycles. The molecule has 1 N–H and O–H groups in total. The Kier molecular flexibility index (Phi) is 4.65. The van der Waals surface area contributed by atoms with Crippen LogP contribution in [0.4, 0.5) is 5.69 Å². The predicted molar refractivity (Wildman–Crippen MR) is 84.4 cm³/mol. The monoisotopic (exact) mass is 301 g/mol. The van der Waals surface area contributed by atoms with Crippen molar-refractivity contribution in [2.45, 2.75) is 4.90 Å². The molecule has 0 bridgehead atoms. The van der Waals surface area contributed by atoms with Gasteiger partial charge in [0.1, 0.15) is 0 Å². The molecule has 0 fully saturated rings. The molecule has 108 valence electrons. The quantitative estimate of drug-likeness (QED) is 0.880. The number of carbonyl (C=O) groups is 2. The molecule has 4 nitrogen and oxygen atoms in total. The highest BCUT2D eigenvalue weighted by Gasteiger charge is 2.14. The van der Waals surface area contributed by atoms with Gasteiger partial charge in [0.15, 0.2) is 0 Å². The Morgan fingerprint density at radius 3 is 1.95 bits per heavy atom. The Labute approximate surface area is 127 Å². The average molecular weight is 301 g/mol. The first kappa shape index (κ1) is 15.1. The lowest BCUT2D eigenvalue weighted by atomic mass is 10.1. The Morgan fingerprint density at radius 2 is 1.48 bits per heavy atom. The minimum atomic E-state index is -0.983. The van der Waals surface area contributed by atoms with Crippen molar-refractivity contribution in [1.29, 1.82) is 0 Å². The normalized spacial score (nSPS) is 10.2. The number of nitrogens with zero attached hydrogens (tertiary/aromatic N) is 1. The maximum Gasteiger partial charge on any atom is 0.335 e. The van der Waals surface area contributed by atoms with Gasteiger partial charge in [0.05, 0.1) is 5.56 Å². The molecule has 0 heterocycles. The number of carboxylic acid groups (broad SMARTS) is 1. The molecular formula is C16H15NO3S. The summed E-state index contributed by atoms with van der Waals surface area (Å²) in [5.41, 5.74) is 1.44. The molecule has 5 heteroatoms. The van der Waals surface area contributed by atoms with E-state index in [1.165, 1.54) is 17.0 Å². The molecule has 0 aromatic heterocycles. The van der Waals surface area contributed by atoms with Crippen LogP contribution in [-0.4, -0.2) is 30.3 Å². The third-order valence-electron chi connectivity index (χ3n) is 3.14. The average Bonchev–Trinajstić information content (AvgIpc) is 2.53. The van der Waals surface area contributed by atoms with E-state index >= 15 is 0 Å². The van der Waals surface area contributed by atoms with Gasteiger partial charge in [-0.25, -0.2) is 4.79 Å². The zero-order valence-electron chi connectivity index (χ0n) is 11.7. The maximum atomic E-state index is 12.4. The Morgan fingerprint density at radius 1 is 0.952 bits per heavy atom. The Bertz CT molecular complexity index is 650. The zero-order valence-corrected chi connectivity index (χ0v) is 12.6. The van der Waals surface area contributed by atoms with Crippen molar-refractivity contribution in [2.24, 2.45) is 0 Å². The number of hydrogen-bond donors (Lipinski definition) is 1. The van der Waals surface area contributed by atoms with E-state index in [1.807, 2.05) is 18.4 Å². The lowest BCUT2D eigenvalue weighted by Crippen LogP contribution is -2.26. The second-order valence-electron chi connectivity index (χ2n) is 4.44. The van der Waals surface area contributed by atoms with Gasteiger partial charge in [0.2, 0.25) is 0 Å². The van der Waals surface area contributed by atoms with Crippen LogP contribution in [0, 0.1) is 0 Å². The van der Waals surface area contributed by atoms with E-state index in [2.05, 4.69) is 0 Å². The van der Waals surface area contributed by atoms with Crippen molar-refractivity contribution in [3.63, 3.8) is 0 Å². The van der Waals surface area contributed by atoms with Gasteiger partial charge in [-0.05, 0) is 54.8 Å². The van der Waals surface area contributed by atoms with E-state index in [4.69, 9.17) is 5.11 Å². The van der Waals surface area contributed by atoms with Gasteiger partial charge >= 0.3 is 5.97 Å². The van der Waals surface area contributed by atoms with E-state index in [9.17, 15) is 9.59 Å². The third kappa shape index (κ3) is 3.44. The Hall–Kier alpha value is -2.27. The summed E-state index contributed by atoms with van der Waals surface area (Å²) in [5, 5.41) is 8.87. The highest BCUT2D eigenvalue weighted by molar-refractivity contribution is 7.98. The van der Waals surface area contributed by atoms with Crippen LogP contribution in [0.3, 0.4) is 0 Å². The van der Waals surface area contributed by atoms with Crippen molar-refractivity contribution in [3.05, 3.63) is 59.7 Å². The van der Waals surface area contributed by atoms with E-state index in [1.54, 1.807) is 43.1 Å². The molecule has 0 atom stereocenters. The van der Waals surface area contributed by atoms with Crippen molar-refractivity contribution in [3.8, 4) is 0 Å². The Balaban J connectivity index is 2.19. The molecule has 0 aliphatic rings. The number of amides is 1. The van der Waals surface area contributed by atoms with E-state index in [-0.39, 0.29) is 11.5 Å². The largest absolute Gasteiger partial charge is 0.478 e. The van der Waals surface area contributed by atoms with Gasteiger partial charge in [-0.1, -0.05) is 0 Å². The fourth-order valence-corrected chi connectivity index (χ4v) is 2.28.